The van der Waals surface area contributed by atoms with E-state index in [0.717, 1.165) is 46.4 Å². The molecule has 3 aromatic heterocycles. The third kappa shape index (κ3) is 2.70. The zero-order chi connectivity index (χ0) is 19.1. The van der Waals surface area contributed by atoms with Crippen molar-refractivity contribution < 1.29 is 4.42 Å². The van der Waals surface area contributed by atoms with Crippen LogP contribution in [0.2, 0.25) is 0 Å². The molecule has 0 saturated heterocycles. The first-order chi connectivity index (χ1) is 13.7. The molecule has 3 heterocycles. The zero-order valence-electron chi connectivity index (χ0n) is 15.3. The maximum atomic E-state index is 9.15. The molecule has 0 fully saturated rings. The van der Waals surface area contributed by atoms with Gasteiger partial charge in [0.2, 0.25) is 0 Å². The van der Waals surface area contributed by atoms with Crippen molar-refractivity contribution in [3.8, 4) is 17.5 Å². The van der Waals surface area contributed by atoms with Crippen LogP contribution in [0.25, 0.3) is 22.4 Å². The third-order valence-corrected chi connectivity index (χ3v) is 5.41. The van der Waals surface area contributed by atoms with Crippen molar-refractivity contribution in [1.82, 2.24) is 20.2 Å². The first kappa shape index (κ1) is 16.5. The number of oxazole rings is 1. The summed E-state index contributed by atoms with van der Waals surface area (Å²) in [6, 6.07) is 10.3. The molecule has 0 amide bonds. The smallest absolute Gasteiger partial charge is 0.181 e. The van der Waals surface area contributed by atoms with E-state index in [4.69, 9.17) is 9.68 Å². The Hall–Kier alpha value is -3.66. The number of hydrogen-bond acceptors (Lipinski definition) is 6. The van der Waals surface area contributed by atoms with Crippen molar-refractivity contribution >= 4 is 16.6 Å². The van der Waals surface area contributed by atoms with Gasteiger partial charge in [-0.1, -0.05) is 6.92 Å². The van der Waals surface area contributed by atoms with Crippen LogP contribution in [0.4, 0.5) is 5.69 Å². The number of nitrogens with zero attached hydrogens (tertiary/aromatic N) is 4. The summed E-state index contributed by atoms with van der Waals surface area (Å²) in [7, 11) is 0. The number of benzene rings is 1. The van der Waals surface area contributed by atoms with Gasteiger partial charge in [0.05, 0.1) is 29.0 Å². The molecule has 0 saturated carbocycles. The second kappa shape index (κ2) is 6.50. The van der Waals surface area contributed by atoms with Crippen molar-refractivity contribution in [3.63, 3.8) is 0 Å². The molecule has 1 aromatic carbocycles. The van der Waals surface area contributed by atoms with Gasteiger partial charge in [0.1, 0.15) is 11.8 Å². The number of fused-ring (bicyclic) bond motifs is 2. The molecular weight excluding hydrogens is 352 g/mol. The van der Waals surface area contributed by atoms with Crippen LogP contribution in [-0.4, -0.2) is 20.2 Å². The van der Waals surface area contributed by atoms with Crippen LogP contribution in [0, 0.1) is 17.2 Å². The molecule has 138 valence electrons. The van der Waals surface area contributed by atoms with Gasteiger partial charge in [-0.05, 0) is 48.6 Å². The van der Waals surface area contributed by atoms with Crippen molar-refractivity contribution in [1.29, 1.82) is 5.26 Å². The Morgan fingerprint density at radius 3 is 3.04 bits per heavy atom. The van der Waals surface area contributed by atoms with E-state index in [9.17, 15) is 0 Å². The van der Waals surface area contributed by atoms with Crippen LogP contribution in [0.5, 0.6) is 0 Å². The molecule has 28 heavy (non-hydrogen) atoms. The van der Waals surface area contributed by atoms with Crippen LogP contribution in [-0.2, 0) is 6.42 Å². The SMILES string of the molecule is CC1CCc2cc(C#N)cnc2[C@H]1Nc1ccc2[nH]nc(-c3cnco3)c2c1. The van der Waals surface area contributed by atoms with Crippen LogP contribution in [0.1, 0.15) is 36.2 Å². The second-order valence-electron chi connectivity index (χ2n) is 7.22. The Morgan fingerprint density at radius 1 is 1.29 bits per heavy atom. The molecule has 1 unspecified atom stereocenters. The minimum absolute atomic E-state index is 0.0922. The van der Waals surface area contributed by atoms with E-state index in [1.807, 2.05) is 18.2 Å². The number of aromatic nitrogens is 4. The fourth-order valence-corrected chi connectivity index (χ4v) is 3.90. The number of rotatable bonds is 3. The lowest BCUT2D eigenvalue weighted by molar-refractivity contribution is 0.425. The quantitative estimate of drug-likeness (QED) is 0.560. The summed E-state index contributed by atoms with van der Waals surface area (Å²) in [5, 5.41) is 21.2. The molecule has 0 spiro atoms. The number of aryl methyl sites for hydroxylation is 1. The molecule has 2 N–H and O–H groups in total. The number of H-pyrrole nitrogens is 1. The summed E-state index contributed by atoms with van der Waals surface area (Å²) in [6.45, 7) is 2.23. The van der Waals surface area contributed by atoms with E-state index in [0.29, 0.717) is 17.2 Å². The van der Waals surface area contributed by atoms with E-state index in [2.05, 4.69) is 44.5 Å². The molecule has 7 heteroatoms. The van der Waals surface area contributed by atoms with Gasteiger partial charge < -0.3 is 9.73 Å². The summed E-state index contributed by atoms with van der Waals surface area (Å²) < 4.78 is 5.41. The van der Waals surface area contributed by atoms with E-state index >= 15 is 0 Å². The van der Waals surface area contributed by atoms with Gasteiger partial charge in [-0.25, -0.2) is 4.98 Å². The lowest BCUT2D eigenvalue weighted by Gasteiger charge is -2.32. The molecule has 0 aliphatic heterocycles. The Balaban J connectivity index is 1.52. The van der Waals surface area contributed by atoms with E-state index in [-0.39, 0.29) is 6.04 Å². The summed E-state index contributed by atoms with van der Waals surface area (Å²) in [6.07, 6.45) is 6.73. The standard InChI is InChI=1S/C21H18N6O/c1-12-2-3-14-6-13(8-22)9-24-20(14)19(12)25-15-4-5-17-16(7-15)21(27-26-17)18-10-23-11-28-18/h4-7,9-12,19,25H,2-3H2,1H3,(H,26,27)/t12?,19-/m0/s1. The molecule has 5 rings (SSSR count). The van der Waals surface area contributed by atoms with Crippen molar-refractivity contribution in [3.05, 3.63) is 59.9 Å². The van der Waals surface area contributed by atoms with E-state index in [1.54, 1.807) is 12.4 Å². The lowest BCUT2D eigenvalue weighted by Crippen LogP contribution is -2.26. The van der Waals surface area contributed by atoms with Crippen molar-refractivity contribution in [2.45, 2.75) is 25.8 Å². The normalized spacial score (nSPS) is 18.6. The minimum atomic E-state index is 0.0922. The maximum Gasteiger partial charge on any atom is 0.181 e. The Bertz CT molecular complexity index is 1190. The summed E-state index contributed by atoms with van der Waals surface area (Å²) in [4.78, 5) is 8.58. The van der Waals surface area contributed by atoms with Gasteiger partial charge in [-0.15, -0.1) is 0 Å². The lowest BCUT2D eigenvalue weighted by atomic mass is 9.83. The number of nitrogens with one attached hydrogen (secondary N) is 2. The average molecular weight is 370 g/mol. The monoisotopic (exact) mass is 370 g/mol. The minimum Gasteiger partial charge on any atom is -0.442 e. The summed E-state index contributed by atoms with van der Waals surface area (Å²) >= 11 is 0. The molecule has 1 aliphatic rings. The highest BCUT2D eigenvalue weighted by Crippen LogP contribution is 2.37. The van der Waals surface area contributed by atoms with Crippen LogP contribution < -0.4 is 5.32 Å². The van der Waals surface area contributed by atoms with Crippen LogP contribution in [0.15, 0.2) is 47.5 Å². The molecular formula is C21H18N6O. The van der Waals surface area contributed by atoms with Gasteiger partial charge in [0.25, 0.3) is 0 Å². The predicted molar refractivity (Wildman–Crippen MR) is 104 cm³/mol. The van der Waals surface area contributed by atoms with E-state index in [1.165, 1.54) is 6.39 Å². The summed E-state index contributed by atoms with van der Waals surface area (Å²) in [5.74, 6) is 1.06. The van der Waals surface area contributed by atoms with Gasteiger partial charge in [0, 0.05) is 17.3 Å². The second-order valence-corrected chi connectivity index (χ2v) is 7.22. The molecule has 4 aromatic rings. The first-order valence-electron chi connectivity index (χ1n) is 9.25. The van der Waals surface area contributed by atoms with Gasteiger partial charge in [-0.2, -0.15) is 10.4 Å². The highest BCUT2D eigenvalue weighted by molar-refractivity contribution is 5.93. The van der Waals surface area contributed by atoms with Gasteiger partial charge in [-0.3, -0.25) is 10.1 Å². The molecule has 0 bridgehead atoms. The average Bonchev–Trinajstić information content (AvgIpc) is 3.39. The van der Waals surface area contributed by atoms with Gasteiger partial charge in [0.15, 0.2) is 12.2 Å². The van der Waals surface area contributed by atoms with E-state index < -0.39 is 0 Å². The number of pyridine rings is 1. The molecule has 1 aliphatic carbocycles. The first-order valence-corrected chi connectivity index (χ1v) is 9.25. The Kier molecular flexibility index (Phi) is 3.83. The predicted octanol–water partition coefficient (Wildman–Crippen LogP) is 4.22. The number of aromatic amines is 1. The van der Waals surface area contributed by atoms with Crippen LogP contribution >= 0.6 is 0 Å². The molecule has 0 radical (unpaired) electrons. The highest BCUT2D eigenvalue weighted by atomic mass is 16.3. The Labute approximate surface area is 161 Å². The van der Waals surface area contributed by atoms with Crippen molar-refractivity contribution in [2.24, 2.45) is 5.92 Å². The molecule has 7 nitrogen and oxygen atoms in total. The van der Waals surface area contributed by atoms with Gasteiger partial charge >= 0.3 is 0 Å². The molecule has 2 atom stereocenters. The third-order valence-electron chi connectivity index (χ3n) is 5.41. The number of anilines is 1. The Morgan fingerprint density at radius 2 is 2.21 bits per heavy atom. The zero-order valence-corrected chi connectivity index (χ0v) is 15.3. The van der Waals surface area contributed by atoms with Crippen molar-refractivity contribution in [2.75, 3.05) is 5.32 Å². The topological polar surface area (TPSA) is 103 Å². The fraction of sp³-hybridized carbons (Fsp3) is 0.238. The number of nitriles is 1. The largest absolute Gasteiger partial charge is 0.442 e. The summed E-state index contributed by atoms with van der Waals surface area (Å²) in [5.41, 5.74) is 5.46. The number of hydrogen-bond donors (Lipinski definition) is 2. The fourth-order valence-electron chi connectivity index (χ4n) is 3.90. The maximum absolute atomic E-state index is 9.15. The highest BCUT2D eigenvalue weighted by Gasteiger charge is 2.28. The van der Waals surface area contributed by atoms with Crippen LogP contribution in [0.3, 0.4) is 0 Å².